The minimum Gasteiger partial charge on any atom is -0.381 e. The number of halogens is 2. The number of anilines is 1. The van der Waals surface area contributed by atoms with Gasteiger partial charge in [-0.1, -0.05) is 6.07 Å². The second-order valence-electron chi connectivity index (χ2n) is 8.60. The van der Waals surface area contributed by atoms with E-state index in [4.69, 9.17) is 9.73 Å². The van der Waals surface area contributed by atoms with Gasteiger partial charge in [0.05, 0.1) is 18.8 Å². The van der Waals surface area contributed by atoms with Crippen molar-refractivity contribution in [3.05, 3.63) is 29.6 Å². The number of hydrogen-bond acceptors (Lipinski definition) is 4. The fraction of sp³-hybridized carbons (Fsp3) is 0.708. The minimum atomic E-state index is -0.172. The summed E-state index contributed by atoms with van der Waals surface area (Å²) in [4.78, 5) is 9.32. The summed E-state index contributed by atoms with van der Waals surface area (Å²) in [5, 5.41) is 6.93. The van der Waals surface area contributed by atoms with Crippen LogP contribution in [0.5, 0.6) is 0 Å². The van der Waals surface area contributed by atoms with E-state index in [9.17, 15) is 4.39 Å². The van der Waals surface area contributed by atoms with Crippen molar-refractivity contribution >= 4 is 35.6 Å². The summed E-state index contributed by atoms with van der Waals surface area (Å²) in [6, 6.07) is 5.90. The van der Waals surface area contributed by atoms with Gasteiger partial charge in [-0.2, -0.15) is 0 Å². The van der Waals surface area contributed by atoms with Gasteiger partial charge in [-0.05, 0) is 63.6 Å². The Bertz CT molecular complexity index is 702. The molecule has 1 aromatic carbocycles. The number of piperidine rings is 1. The number of likely N-dealkylation sites (tertiary alicyclic amines) is 1. The molecule has 0 spiro atoms. The number of aliphatic imine (C=N–C) groups is 1. The Morgan fingerprint density at radius 3 is 2.53 bits per heavy atom. The maximum Gasteiger partial charge on any atom is 0.191 e. The van der Waals surface area contributed by atoms with E-state index in [1.54, 1.807) is 6.07 Å². The van der Waals surface area contributed by atoms with Gasteiger partial charge in [0, 0.05) is 51.9 Å². The third-order valence-electron chi connectivity index (χ3n) is 6.35. The summed E-state index contributed by atoms with van der Waals surface area (Å²) in [7, 11) is 0. The van der Waals surface area contributed by atoms with Crippen molar-refractivity contribution in [2.45, 2.75) is 52.6 Å². The van der Waals surface area contributed by atoms with Gasteiger partial charge in [0.15, 0.2) is 5.96 Å². The summed E-state index contributed by atoms with van der Waals surface area (Å²) in [5.41, 5.74) is 1.55. The Hall–Kier alpha value is -1.13. The number of nitrogens with one attached hydrogen (secondary N) is 2. The van der Waals surface area contributed by atoms with Crippen LogP contribution in [-0.4, -0.2) is 69.4 Å². The van der Waals surface area contributed by atoms with Gasteiger partial charge >= 0.3 is 0 Å². The van der Waals surface area contributed by atoms with Crippen LogP contribution in [0.1, 0.15) is 45.6 Å². The number of benzene rings is 1. The fourth-order valence-corrected chi connectivity index (χ4v) is 4.51. The van der Waals surface area contributed by atoms with Gasteiger partial charge < -0.3 is 25.2 Å². The lowest BCUT2D eigenvalue weighted by Crippen LogP contribution is -2.49. The molecule has 8 heteroatoms. The third-order valence-corrected chi connectivity index (χ3v) is 6.35. The van der Waals surface area contributed by atoms with E-state index in [0.717, 1.165) is 76.8 Å². The summed E-state index contributed by atoms with van der Waals surface area (Å²) < 4.78 is 20.1. The van der Waals surface area contributed by atoms with E-state index in [1.165, 1.54) is 6.42 Å². The molecule has 1 atom stereocenters. The molecule has 32 heavy (non-hydrogen) atoms. The zero-order valence-electron chi connectivity index (χ0n) is 19.9. The van der Waals surface area contributed by atoms with Crippen molar-refractivity contribution in [1.82, 2.24) is 15.5 Å². The lowest BCUT2D eigenvalue weighted by Gasteiger charge is -2.34. The highest BCUT2D eigenvalue weighted by molar-refractivity contribution is 14.0. The Balaban J connectivity index is 0.00000363. The van der Waals surface area contributed by atoms with Crippen LogP contribution >= 0.6 is 24.0 Å². The molecule has 2 aliphatic heterocycles. The smallest absolute Gasteiger partial charge is 0.191 e. The largest absolute Gasteiger partial charge is 0.381 e. The van der Waals surface area contributed by atoms with Crippen LogP contribution in [0.2, 0.25) is 0 Å². The molecular formula is C24H41FIN5O. The van der Waals surface area contributed by atoms with E-state index in [2.05, 4.69) is 22.5 Å². The molecule has 0 bridgehead atoms. The van der Waals surface area contributed by atoms with Gasteiger partial charge in [-0.25, -0.2) is 9.38 Å². The van der Waals surface area contributed by atoms with E-state index < -0.39 is 0 Å². The highest BCUT2D eigenvalue weighted by atomic mass is 127. The van der Waals surface area contributed by atoms with Gasteiger partial charge in [-0.3, -0.25) is 0 Å². The van der Waals surface area contributed by atoms with Crippen molar-refractivity contribution in [2.75, 3.05) is 57.4 Å². The van der Waals surface area contributed by atoms with E-state index >= 15 is 0 Å². The van der Waals surface area contributed by atoms with Crippen molar-refractivity contribution < 1.29 is 9.13 Å². The quantitative estimate of drug-likeness (QED) is 0.273. The molecule has 2 saturated heterocycles. The van der Waals surface area contributed by atoms with E-state index in [0.29, 0.717) is 24.2 Å². The van der Waals surface area contributed by atoms with Gasteiger partial charge in [0.1, 0.15) is 5.82 Å². The Morgan fingerprint density at radius 2 is 1.94 bits per heavy atom. The fourth-order valence-electron chi connectivity index (χ4n) is 4.51. The molecular weight excluding hydrogens is 520 g/mol. The molecule has 2 aliphatic rings. The zero-order valence-corrected chi connectivity index (χ0v) is 22.2. The minimum absolute atomic E-state index is 0. The molecule has 0 saturated carbocycles. The van der Waals surface area contributed by atoms with Crippen LogP contribution in [0.3, 0.4) is 0 Å². The molecule has 2 fully saturated rings. The average Bonchev–Trinajstić information content (AvgIpc) is 3.29. The van der Waals surface area contributed by atoms with E-state index in [-0.39, 0.29) is 29.8 Å². The molecule has 0 radical (unpaired) electrons. The first-order valence-electron chi connectivity index (χ1n) is 12.0. The number of hydrogen-bond donors (Lipinski definition) is 2. The number of rotatable bonds is 9. The van der Waals surface area contributed by atoms with Crippen molar-refractivity contribution in [1.29, 1.82) is 0 Å². The van der Waals surface area contributed by atoms with Crippen molar-refractivity contribution in [2.24, 2.45) is 10.9 Å². The molecule has 3 rings (SSSR count). The third kappa shape index (κ3) is 8.02. The summed E-state index contributed by atoms with van der Waals surface area (Å²) in [6.07, 6.45) is 3.43. The molecule has 0 amide bonds. The van der Waals surface area contributed by atoms with Gasteiger partial charge in [0.2, 0.25) is 0 Å². The maximum atomic E-state index is 14.6. The first kappa shape index (κ1) is 27.1. The van der Waals surface area contributed by atoms with Crippen LogP contribution in [0.25, 0.3) is 0 Å². The van der Waals surface area contributed by atoms with Crippen molar-refractivity contribution in [3.63, 3.8) is 0 Å². The van der Waals surface area contributed by atoms with Gasteiger partial charge in [-0.15, -0.1) is 24.0 Å². The molecule has 6 nitrogen and oxygen atoms in total. The number of guanidine groups is 1. The Kier molecular flexibility index (Phi) is 12.0. The second kappa shape index (κ2) is 14.2. The first-order valence-corrected chi connectivity index (χ1v) is 12.0. The molecule has 0 aromatic heterocycles. The van der Waals surface area contributed by atoms with Crippen LogP contribution in [-0.2, 0) is 11.3 Å². The molecule has 2 N–H and O–H groups in total. The van der Waals surface area contributed by atoms with Gasteiger partial charge in [0.25, 0.3) is 0 Å². The summed E-state index contributed by atoms with van der Waals surface area (Å²) in [5.74, 6) is 1.35. The highest BCUT2D eigenvalue weighted by Crippen LogP contribution is 2.21. The average molecular weight is 562 g/mol. The Labute approximate surface area is 210 Å². The summed E-state index contributed by atoms with van der Waals surface area (Å²) >= 11 is 0. The SMILES string of the molecule is CCNC(=NCc1ccc(N(CC)CC)c(F)c1)NC1CCN(CC2CCOC2)CC1.I. The van der Waals surface area contributed by atoms with Crippen molar-refractivity contribution in [3.8, 4) is 0 Å². The Morgan fingerprint density at radius 1 is 1.19 bits per heavy atom. The van der Waals surface area contributed by atoms with E-state index in [1.807, 2.05) is 30.9 Å². The monoisotopic (exact) mass is 561 g/mol. The predicted molar refractivity (Wildman–Crippen MR) is 142 cm³/mol. The van der Waals surface area contributed by atoms with Crippen LogP contribution < -0.4 is 15.5 Å². The standard InChI is InChI=1S/C24H40FN5O.HI/c1-4-26-24(27-16-19-7-8-23(22(25)15-19)30(5-2)6-3)28-21-9-12-29(13-10-21)17-20-11-14-31-18-20;/h7-8,15,20-21H,4-6,9-14,16-18H2,1-3H3,(H2,26,27,28);1H. The zero-order chi connectivity index (χ0) is 22.1. The molecule has 1 unspecified atom stereocenters. The molecule has 182 valence electrons. The summed E-state index contributed by atoms with van der Waals surface area (Å²) in [6.45, 7) is 14.3. The second-order valence-corrected chi connectivity index (χ2v) is 8.60. The lowest BCUT2D eigenvalue weighted by molar-refractivity contribution is 0.150. The predicted octanol–water partition coefficient (Wildman–Crippen LogP) is 3.85. The maximum absolute atomic E-state index is 14.6. The first-order chi connectivity index (χ1) is 15.1. The number of ether oxygens (including phenoxy) is 1. The van der Waals surface area contributed by atoms with Crippen LogP contribution in [0.15, 0.2) is 23.2 Å². The number of nitrogens with zero attached hydrogens (tertiary/aromatic N) is 3. The molecule has 2 heterocycles. The lowest BCUT2D eigenvalue weighted by atomic mass is 10.0. The van der Waals surface area contributed by atoms with Crippen LogP contribution in [0, 0.1) is 11.7 Å². The molecule has 0 aliphatic carbocycles. The normalized spacial score (nSPS) is 20.1. The highest BCUT2D eigenvalue weighted by Gasteiger charge is 2.24. The van der Waals surface area contributed by atoms with Crippen LogP contribution in [0.4, 0.5) is 10.1 Å². The molecule has 1 aromatic rings. The topological polar surface area (TPSA) is 52.1 Å².